The Morgan fingerprint density at radius 2 is 1.36 bits per heavy atom. The van der Waals surface area contributed by atoms with Crippen LogP contribution in [0.2, 0.25) is 0 Å². The lowest BCUT2D eigenvalue weighted by Crippen LogP contribution is -2.73. The summed E-state index contributed by atoms with van der Waals surface area (Å²) >= 11 is 0. The molecule has 2 fully saturated rings. The molecule has 2 heterocycles. The predicted octanol–water partition coefficient (Wildman–Crippen LogP) is 4.82. The fraction of sp³-hybridized carbons (Fsp3) is 0.382. The highest BCUT2D eigenvalue weighted by Gasteiger charge is 2.62. The highest BCUT2D eigenvalue weighted by atomic mass is 16.5. The molecule has 0 bridgehead atoms. The fourth-order valence-corrected chi connectivity index (χ4v) is 6.05. The molecule has 2 aliphatic heterocycles. The molecule has 0 aromatic heterocycles. The van der Waals surface area contributed by atoms with Crippen LogP contribution in [0.4, 0.5) is 4.79 Å². The first kappa shape index (κ1) is 29.5. The van der Waals surface area contributed by atoms with Gasteiger partial charge in [-0.15, -0.1) is 0 Å². The molecule has 8 nitrogen and oxygen atoms in total. The van der Waals surface area contributed by atoms with E-state index in [0.717, 1.165) is 35.7 Å². The molecule has 1 atom stereocenters. The summed E-state index contributed by atoms with van der Waals surface area (Å²) in [4.78, 5) is 45.6. The molecular formula is C34H40N4O4. The number of likely N-dealkylation sites (tertiary alicyclic amines) is 1. The van der Waals surface area contributed by atoms with Crippen molar-refractivity contribution >= 4 is 17.8 Å². The third-order valence-corrected chi connectivity index (χ3v) is 8.70. The number of carbonyl (C=O) groups is 3. The van der Waals surface area contributed by atoms with Crippen LogP contribution in [0.25, 0.3) is 0 Å². The van der Waals surface area contributed by atoms with Gasteiger partial charge in [0.1, 0.15) is 6.61 Å². The highest BCUT2D eigenvalue weighted by molar-refractivity contribution is 6.03. The first-order valence-corrected chi connectivity index (χ1v) is 14.9. The van der Waals surface area contributed by atoms with Gasteiger partial charge in [-0.05, 0) is 29.5 Å². The van der Waals surface area contributed by atoms with E-state index in [1.165, 1.54) is 5.56 Å². The van der Waals surface area contributed by atoms with Gasteiger partial charge in [-0.1, -0.05) is 105 Å². The average molecular weight is 569 g/mol. The minimum Gasteiger partial charge on any atom is -0.347 e. The first-order valence-electron chi connectivity index (χ1n) is 14.9. The molecule has 0 spiro atoms. The number of ether oxygens (including phenoxy) is 1. The predicted molar refractivity (Wildman–Crippen MR) is 161 cm³/mol. The topological polar surface area (TPSA) is 82.2 Å². The molecule has 0 radical (unpaired) electrons. The lowest BCUT2D eigenvalue weighted by atomic mass is 9.72. The zero-order valence-corrected chi connectivity index (χ0v) is 24.4. The average Bonchev–Trinajstić information content (AvgIpc) is 3.04. The summed E-state index contributed by atoms with van der Waals surface area (Å²) in [5.74, 6) is -0.390. The van der Waals surface area contributed by atoms with Crippen LogP contribution < -0.4 is 5.32 Å². The number of hydrogen-bond acceptors (Lipinski definition) is 5. The lowest BCUT2D eigenvalue weighted by Gasteiger charge is -2.53. The SMILES string of the molecule is CCC1(CC)C(=O)N(C(=O)NC(c2ccccc2)c2ccccc2)C1OCC(=O)N1CCN(Cc2ccccc2)CC1. The molecule has 220 valence electrons. The van der Waals surface area contributed by atoms with Gasteiger partial charge < -0.3 is 15.0 Å². The fourth-order valence-electron chi connectivity index (χ4n) is 6.05. The van der Waals surface area contributed by atoms with Crippen LogP contribution in [0.15, 0.2) is 91.0 Å². The zero-order valence-electron chi connectivity index (χ0n) is 24.4. The second kappa shape index (κ2) is 13.3. The summed E-state index contributed by atoms with van der Waals surface area (Å²) in [6, 6.07) is 28.7. The molecule has 5 rings (SSSR count). The van der Waals surface area contributed by atoms with Crippen molar-refractivity contribution in [3.8, 4) is 0 Å². The van der Waals surface area contributed by atoms with Gasteiger partial charge in [0.15, 0.2) is 6.23 Å². The highest BCUT2D eigenvalue weighted by Crippen LogP contribution is 2.46. The van der Waals surface area contributed by atoms with E-state index < -0.39 is 23.7 Å². The number of nitrogens with zero attached hydrogens (tertiary/aromatic N) is 3. The Morgan fingerprint density at radius 3 is 1.88 bits per heavy atom. The molecule has 1 unspecified atom stereocenters. The smallest absolute Gasteiger partial charge is 0.327 e. The number of piperazine rings is 1. The number of hydrogen-bond donors (Lipinski definition) is 1. The van der Waals surface area contributed by atoms with E-state index in [1.807, 2.05) is 97.6 Å². The molecule has 1 N–H and O–H groups in total. The minimum atomic E-state index is -0.832. The molecule has 42 heavy (non-hydrogen) atoms. The van der Waals surface area contributed by atoms with Crippen molar-refractivity contribution < 1.29 is 19.1 Å². The van der Waals surface area contributed by atoms with Crippen LogP contribution in [0.1, 0.15) is 49.4 Å². The van der Waals surface area contributed by atoms with Crippen molar-refractivity contribution in [2.45, 2.75) is 45.5 Å². The molecule has 3 aromatic carbocycles. The Kier molecular flexibility index (Phi) is 9.35. The van der Waals surface area contributed by atoms with Crippen LogP contribution in [0, 0.1) is 5.41 Å². The molecule has 8 heteroatoms. The quantitative estimate of drug-likeness (QED) is 0.355. The van der Waals surface area contributed by atoms with Gasteiger partial charge in [0.2, 0.25) is 11.8 Å². The number of nitrogens with one attached hydrogen (secondary N) is 1. The standard InChI is InChI=1S/C34H40N4O4/c1-3-34(4-2)31(40)38(33(41)35-30(27-16-10-6-11-17-27)28-18-12-7-13-19-28)32(34)42-25-29(39)37-22-20-36(21-23-37)24-26-14-8-5-9-15-26/h5-19,30,32H,3-4,20-25H2,1-2H3,(H,35,41). The third-order valence-electron chi connectivity index (χ3n) is 8.70. The maximum Gasteiger partial charge on any atom is 0.327 e. The van der Waals surface area contributed by atoms with Crippen LogP contribution in [0.3, 0.4) is 0 Å². The van der Waals surface area contributed by atoms with Gasteiger partial charge in [0.05, 0.1) is 11.5 Å². The minimum absolute atomic E-state index is 0.123. The summed E-state index contributed by atoms with van der Waals surface area (Å²) in [6.45, 7) is 7.33. The monoisotopic (exact) mass is 568 g/mol. The van der Waals surface area contributed by atoms with Crippen LogP contribution >= 0.6 is 0 Å². The van der Waals surface area contributed by atoms with E-state index in [9.17, 15) is 14.4 Å². The Labute approximate surface area is 248 Å². The third kappa shape index (κ3) is 6.10. The van der Waals surface area contributed by atoms with Gasteiger partial charge in [-0.3, -0.25) is 14.5 Å². The van der Waals surface area contributed by atoms with Gasteiger partial charge in [-0.2, -0.15) is 0 Å². The zero-order chi connectivity index (χ0) is 29.5. The summed E-state index contributed by atoms with van der Waals surface area (Å²) in [5, 5.41) is 3.06. The van der Waals surface area contributed by atoms with E-state index in [-0.39, 0.29) is 18.4 Å². The molecule has 0 saturated carbocycles. The van der Waals surface area contributed by atoms with Gasteiger partial charge >= 0.3 is 6.03 Å². The van der Waals surface area contributed by atoms with Crippen molar-refractivity contribution in [2.24, 2.45) is 5.41 Å². The Bertz CT molecular complexity index is 1300. The number of imide groups is 1. The van der Waals surface area contributed by atoms with Crippen LogP contribution in [0.5, 0.6) is 0 Å². The molecule has 2 saturated heterocycles. The van der Waals surface area contributed by atoms with Crippen LogP contribution in [-0.4, -0.2) is 71.6 Å². The van der Waals surface area contributed by atoms with Crippen LogP contribution in [-0.2, 0) is 20.9 Å². The van der Waals surface area contributed by atoms with E-state index in [1.54, 1.807) is 0 Å². The summed E-state index contributed by atoms with van der Waals surface area (Å²) in [5.41, 5.74) is 2.23. The molecule has 0 aliphatic carbocycles. The Morgan fingerprint density at radius 1 is 0.833 bits per heavy atom. The largest absolute Gasteiger partial charge is 0.347 e. The van der Waals surface area contributed by atoms with E-state index in [4.69, 9.17) is 4.74 Å². The Balaban J connectivity index is 1.23. The summed E-state index contributed by atoms with van der Waals surface area (Å²) in [6.07, 6.45) is 0.226. The summed E-state index contributed by atoms with van der Waals surface area (Å²) < 4.78 is 6.15. The molecular weight excluding hydrogens is 528 g/mol. The van der Waals surface area contributed by atoms with E-state index in [0.29, 0.717) is 25.9 Å². The van der Waals surface area contributed by atoms with Crippen molar-refractivity contribution in [3.05, 3.63) is 108 Å². The lowest BCUT2D eigenvalue weighted by molar-refractivity contribution is -0.212. The maximum atomic E-state index is 13.7. The second-order valence-electron chi connectivity index (χ2n) is 11.0. The van der Waals surface area contributed by atoms with Gasteiger partial charge in [-0.25, -0.2) is 9.69 Å². The normalized spacial score (nSPS) is 18.5. The number of β-lactam (4-membered cyclic amide) rings is 1. The summed E-state index contributed by atoms with van der Waals surface area (Å²) in [7, 11) is 0. The maximum absolute atomic E-state index is 13.7. The van der Waals surface area contributed by atoms with Crippen molar-refractivity contribution in [3.63, 3.8) is 0 Å². The number of amides is 4. The van der Waals surface area contributed by atoms with Gasteiger partial charge in [0.25, 0.3) is 0 Å². The number of rotatable bonds is 10. The second-order valence-corrected chi connectivity index (χ2v) is 11.0. The molecule has 4 amide bonds. The number of urea groups is 1. The molecule has 3 aromatic rings. The van der Waals surface area contributed by atoms with E-state index >= 15 is 0 Å². The Hall–Kier alpha value is -4.01. The first-order chi connectivity index (χ1) is 20.5. The number of carbonyl (C=O) groups excluding carboxylic acids is 3. The van der Waals surface area contributed by atoms with E-state index in [2.05, 4.69) is 22.3 Å². The van der Waals surface area contributed by atoms with Crippen molar-refractivity contribution in [1.29, 1.82) is 0 Å². The molecule has 2 aliphatic rings. The van der Waals surface area contributed by atoms with Gasteiger partial charge in [0, 0.05) is 32.7 Å². The van der Waals surface area contributed by atoms with Crippen molar-refractivity contribution in [2.75, 3.05) is 32.8 Å². The van der Waals surface area contributed by atoms with Crippen molar-refractivity contribution in [1.82, 2.24) is 20.0 Å². The number of benzene rings is 3.